The summed E-state index contributed by atoms with van der Waals surface area (Å²) in [4.78, 5) is 0. The molecule has 1 N–H and O–H groups in total. The van der Waals surface area contributed by atoms with E-state index in [-0.39, 0.29) is 12.0 Å². The molecule has 1 aliphatic heterocycles. The summed E-state index contributed by atoms with van der Waals surface area (Å²) in [5.74, 6) is 0.258. The first kappa shape index (κ1) is 20.7. The smallest absolute Gasteiger partial charge is 0.157 e. The van der Waals surface area contributed by atoms with Gasteiger partial charge in [-0.2, -0.15) is 0 Å². The van der Waals surface area contributed by atoms with Gasteiger partial charge < -0.3 is 9.84 Å². The van der Waals surface area contributed by atoms with Gasteiger partial charge in [0, 0.05) is 5.92 Å². The fourth-order valence-corrected chi connectivity index (χ4v) is 14.4. The van der Waals surface area contributed by atoms with Crippen LogP contribution in [0.25, 0.3) is 0 Å². The average molecular weight is 363 g/mol. The molecule has 0 saturated carbocycles. The van der Waals surface area contributed by atoms with Gasteiger partial charge in [0.05, 0.1) is 14.2 Å². The molecule has 0 radical (unpaired) electrons. The highest BCUT2D eigenvalue weighted by molar-refractivity contribution is 6.85. The molecule has 1 fully saturated rings. The monoisotopic (exact) mass is 362 g/mol. The van der Waals surface area contributed by atoms with Crippen molar-refractivity contribution in [3.05, 3.63) is 35.9 Å². The minimum Gasteiger partial charge on any atom is -0.368 e. The molecule has 1 heterocycles. The highest BCUT2D eigenvalue weighted by Gasteiger charge is 2.57. The highest BCUT2D eigenvalue weighted by atomic mass is 28.3. The van der Waals surface area contributed by atoms with E-state index in [1.165, 1.54) is 5.56 Å². The fraction of sp³-hybridized carbons (Fsp3) is 0.727. The second-order valence-corrected chi connectivity index (χ2v) is 15.0. The summed E-state index contributed by atoms with van der Waals surface area (Å²) in [6.45, 7) is 16.7. The number of hydrogen-bond donors (Lipinski definition) is 1. The molecule has 0 bridgehead atoms. The highest BCUT2D eigenvalue weighted by Crippen LogP contribution is 2.57. The molecule has 3 heteroatoms. The summed E-state index contributed by atoms with van der Waals surface area (Å²) < 4.78 is 6.02. The first-order chi connectivity index (χ1) is 11.7. The Morgan fingerprint density at radius 3 is 1.96 bits per heavy atom. The summed E-state index contributed by atoms with van der Waals surface area (Å²) >= 11 is 0. The lowest BCUT2D eigenvalue weighted by atomic mass is 9.95. The van der Waals surface area contributed by atoms with E-state index in [2.05, 4.69) is 78.8 Å². The second-order valence-electron chi connectivity index (χ2n) is 8.91. The lowest BCUT2D eigenvalue weighted by Crippen LogP contribution is -2.53. The minimum atomic E-state index is -1.69. The van der Waals surface area contributed by atoms with Gasteiger partial charge in [0.2, 0.25) is 0 Å². The zero-order chi connectivity index (χ0) is 18.8. The van der Waals surface area contributed by atoms with Gasteiger partial charge in [0.25, 0.3) is 0 Å². The average Bonchev–Trinajstić information content (AvgIpc) is 2.80. The number of rotatable bonds is 7. The van der Waals surface area contributed by atoms with Crippen LogP contribution in [0.5, 0.6) is 0 Å². The third-order valence-electron chi connectivity index (χ3n) is 6.87. The van der Waals surface area contributed by atoms with Crippen molar-refractivity contribution in [3.8, 4) is 0 Å². The van der Waals surface area contributed by atoms with Gasteiger partial charge in [-0.05, 0) is 30.9 Å². The predicted octanol–water partition coefficient (Wildman–Crippen LogP) is 6.02. The van der Waals surface area contributed by atoms with Gasteiger partial charge in [-0.3, -0.25) is 0 Å². The fourth-order valence-electron chi connectivity index (χ4n) is 6.16. The maximum Gasteiger partial charge on any atom is 0.157 e. The molecule has 4 unspecified atom stereocenters. The third kappa shape index (κ3) is 3.89. The third-order valence-corrected chi connectivity index (χ3v) is 14.9. The van der Waals surface area contributed by atoms with Crippen LogP contribution in [-0.2, 0) is 11.2 Å². The first-order valence-corrected chi connectivity index (χ1v) is 12.4. The summed E-state index contributed by atoms with van der Waals surface area (Å²) in [6.07, 6.45) is 1.59. The first-order valence-electron chi connectivity index (χ1n) is 10.1. The van der Waals surface area contributed by atoms with Crippen molar-refractivity contribution in [3.63, 3.8) is 0 Å². The Bertz CT molecular complexity index is 504. The molecular weight excluding hydrogens is 324 g/mol. The molecule has 0 aromatic heterocycles. The van der Waals surface area contributed by atoms with E-state index in [0.717, 1.165) is 12.8 Å². The lowest BCUT2D eigenvalue weighted by molar-refractivity contribution is -0.104. The van der Waals surface area contributed by atoms with Crippen LogP contribution in [0.3, 0.4) is 0 Å². The molecule has 142 valence electrons. The number of benzene rings is 1. The van der Waals surface area contributed by atoms with Crippen molar-refractivity contribution in [2.75, 3.05) is 0 Å². The molecule has 0 spiro atoms. The Labute approximate surface area is 156 Å². The number of aliphatic hydroxyl groups is 1. The SMILES string of the molecule is CC1OC(O)C(CCc2ccccc2)C1[Si](C(C)C)(C(C)C)C(C)C. The molecule has 25 heavy (non-hydrogen) atoms. The van der Waals surface area contributed by atoms with Crippen LogP contribution in [0.2, 0.25) is 22.2 Å². The molecule has 0 amide bonds. The van der Waals surface area contributed by atoms with Crippen molar-refractivity contribution in [1.29, 1.82) is 0 Å². The van der Waals surface area contributed by atoms with Crippen LogP contribution in [-0.4, -0.2) is 25.6 Å². The second kappa shape index (κ2) is 8.37. The van der Waals surface area contributed by atoms with E-state index in [0.29, 0.717) is 22.2 Å². The molecule has 1 saturated heterocycles. The van der Waals surface area contributed by atoms with Crippen LogP contribution < -0.4 is 0 Å². The van der Waals surface area contributed by atoms with Crippen molar-refractivity contribution in [1.82, 2.24) is 0 Å². The molecule has 1 aromatic rings. The molecule has 4 atom stereocenters. The zero-order valence-corrected chi connectivity index (χ0v) is 18.2. The van der Waals surface area contributed by atoms with E-state index in [4.69, 9.17) is 4.74 Å². The van der Waals surface area contributed by atoms with Crippen LogP contribution in [0.15, 0.2) is 30.3 Å². The lowest BCUT2D eigenvalue weighted by Gasteiger charge is -2.50. The van der Waals surface area contributed by atoms with Crippen molar-refractivity contribution >= 4 is 8.07 Å². The maximum absolute atomic E-state index is 10.7. The number of aryl methyl sites for hydroxylation is 1. The van der Waals surface area contributed by atoms with E-state index in [1.807, 2.05) is 0 Å². The Balaban J connectivity index is 2.33. The standard InChI is InChI=1S/C22H38O2Si/c1-15(2)25(16(3)4,17(5)6)21-18(7)24-22(23)20(21)14-13-19-11-9-8-10-12-19/h8-12,15-18,20-23H,13-14H2,1-7H3. The van der Waals surface area contributed by atoms with E-state index < -0.39 is 14.4 Å². The molecular formula is C22H38O2Si. The summed E-state index contributed by atoms with van der Waals surface area (Å²) in [7, 11) is -1.69. The quantitative estimate of drug-likeness (QED) is 0.601. The molecule has 0 aliphatic carbocycles. The largest absolute Gasteiger partial charge is 0.368 e. The minimum absolute atomic E-state index is 0.162. The predicted molar refractivity (Wildman–Crippen MR) is 110 cm³/mol. The summed E-state index contributed by atoms with van der Waals surface area (Å²) in [5, 5.41) is 10.7. The maximum atomic E-state index is 10.7. The van der Waals surface area contributed by atoms with Gasteiger partial charge in [-0.25, -0.2) is 0 Å². The Kier molecular flexibility index (Phi) is 6.92. The Morgan fingerprint density at radius 1 is 0.960 bits per heavy atom. The van der Waals surface area contributed by atoms with E-state index in [9.17, 15) is 5.11 Å². The van der Waals surface area contributed by atoms with Crippen LogP contribution in [0.4, 0.5) is 0 Å². The van der Waals surface area contributed by atoms with Crippen molar-refractivity contribution in [2.45, 2.75) is 95.9 Å². The van der Waals surface area contributed by atoms with Crippen LogP contribution >= 0.6 is 0 Å². The van der Waals surface area contributed by atoms with Gasteiger partial charge in [-0.15, -0.1) is 0 Å². The zero-order valence-electron chi connectivity index (χ0n) is 17.2. The van der Waals surface area contributed by atoms with Gasteiger partial charge >= 0.3 is 0 Å². The van der Waals surface area contributed by atoms with Crippen molar-refractivity contribution < 1.29 is 9.84 Å². The normalized spacial score (nSPS) is 27.6. The summed E-state index contributed by atoms with van der Waals surface area (Å²) in [6, 6.07) is 10.7. The van der Waals surface area contributed by atoms with Gasteiger partial charge in [0.1, 0.15) is 0 Å². The Morgan fingerprint density at radius 2 is 1.48 bits per heavy atom. The Hall–Kier alpha value is -0.643. The van der Waals surface area contributed by atoms with E-state index >= 15 is 0 Å². The summed E-state index contributed by atoms with van der Waals surface area (Å²) in [5.41, 5.74) is 3.94. The van der Waals surface area contributed by atoms with Gasteiger partial charge in [0.15, 0.2) is 6.29 Å². The number of ether oxygens (including phenoxy) is 1. The van der Waals surface area contributed by atoms with E-state index in [1.54, 1.807) is 0 Å². The molecule has 2 nitrogen and oxygen atoms in total. The van der Waals surface area contributed by atoms with Crippen molar-refractivity contribution in [2.24, 2.45) is 5.92 Å². The topological polar surface area (TPSA) is 29.5 Å². The van der Waals surface area contributed by atoms with Crippen LogP contribution in [0, 0.1) is 5.92 Å². The molecule has 1 aliphatic rings. The number of aliphatic hydroxyl groups excluding tert-OH is 1. The van der Waals surface area contributed by atoms with Gasteiger partial charge in [-0.1, -0.05) is 88.5 Å². The number of hydrogen-bond acceptors (Lipinski definition) is 2. The van der Waals surface area contributed by atoms with Crippen LogP contribution in [0.1, 0.15) is 60.5 Å². The molecule has 2 rings (SSSR count). The molecule has 1 aromatic carbocycles.